The Morgan fingerprint density at radius 3 is 2.41 bits per heavy atom. The molecule has 0 aliphatic carbocycles. The predicted octanol–water partition coefficient (Wildman–Crippen LogP) is 5.12. The van der Waals surface area contributed by atoms with Gasteiger partial charge in [-0.25, -0.2) is 4.98 Å². The molecule has 0 bridgehead atoms. The number of pyridine rings is 1. The van der Waals surface area contributed by atoms with Gasteiger partial charge in [-0.1, -0.05) is 23.4 Å². The SMILES string of the molecule is CCOc1ccc(-n2c(SCC(=O)Nc3ccc(Cl)cn3)nnc2-c2ccc(OC)cc2)cc1. The number of carbonyl (C=O) groups is 1. The highest BCUT2D eigenvalue weighted by Crippen LogP contribution is 2.30. The van der Waals surface area contributed by atoms with Crippen molar-refractivity contribution in [3.8, 4) is 28.6 Å². The van der Waals surface area contributed by atoms with Crippen LogP contribution in [0.2, 0.25) is 5.02 Å². The standard InChI is InChI=1S/C24H22ClN5O3S/c1-3-33-20-11-7-18(8-12-20)30-23(16-4-9-19(32-2)10-5-16)28-29-24(30)34-15-22(31)27-21-13-6-17(25)14-26-21/h4-14H,3,15H2,1-2H3,(H,26,27,31). The Hall–Kier alpha value is -3.56. The van der Waals surface area contributed by atoms with Gasteiger partial charge in [0.2, 0.25) is 5.91 Å². The molecule has 174 valence electrons. The monoisotopic (exact) mass is 495 g/mol. The zero-order valence-corrected chi connectivity index (χ0v) is 20.1. The Morgan fingerprint density at radius 1 is 1.03 bits per heavy atom. The van der Waals surface area contributed by atoms with Crippen LogP contribution < -0.4 is 14.8 Å². The molecule has 0 aliphatic rings. The van der Waals surface area contributed by atoms with Crippen LogP contribution >= 0.6 is 23.4 Å². The van der Waals surface area contributed by atoms with Crippen molar-refractivity contribution >= 4 is 35.1 Å². The molecule has 2 heterocycles. The first-order valence-corrected chi connectivity index (χ1v) is 11.8. The van der Waals surface area contributed by atoms with Crippen LogP contribution in [-0.2, 0) is 4.79 Å². The number of aromatic nitrogens is 4. The molecule has 0 saturated heterocycles. The van der Waals surface area contributed by atoms with E-state index in [9.17, 15) is 4.79 Å². The Balaban J connectivity index is 1.60. The number of nitrogens with one attached hydrogen (secondary N) is 1. The fourth-order valence-corrected chi connectivity index (χ4v) is 4.00. The van der Waals surface area contributed by atoms with Gasteiger partial charge in [-0.3, -0.25) is 9.36 Å². The lowest BCUT2D eigenvalue weighted by Crippen LogP contribution is -2.15. The van der Waals surface area contributed by atoms with Crippen molar-refractivity contribution in [3.05, 3.63) is 71.9 Å². The quantitative estimate of drug-likeness (QED) is 0.322. The number of benzene rings is 2. The second-order valence-corrected chi connectivity index (χ2v) is 8.37. The topological polar surface area (TPSA) is 91.2 Å². The zero-order valence-electron chi connectivity index (χ0n) is 18.6. The summed E-state index contributed by atoms with van der Waals surface area (Å²) in [6.45, 7) is 2.52. The van der Waals surface area contributed by atoms with Crippen LogP contribution in [0.3, 0.4) is 0 Å². The van der Waals surface area contributed by atoms with E-state index in [0.29, 0.717) is 28.4 Å². The minimum absolute atomic E-state index is 0.127. The van der Waals surface area contributed by atoms with Crippen LogP contribution in [0.15, 0.2) is 72.0 Å². The summed E-state index contributed by atoms with van der Waals surface area (Å²) in [4.78, 5) is 16.6. The van der Waals surface area contributed by atoms with Crippen LogP contribution in [-0.4, -0.2) is 45.1 Å². The summed E-state index contributed by atoms with van der Waals surface area (Å²) in [5, 5.41) is 12.6. The maximum absolute atomic E-state index is 12.5. The minimum atomic E-state index is -0.216. The largest absolute Gasteiger partial charge is 0.497 e. The van der Waals surface area contributed by atoms with Crippen LogP contribution in [0.1, 0.15) is 6.92 Å². The number of hydrogen-bond acceptors (Lipinski definition) is 7. The van der Waals surface area contributed by atoms with Crippen LogP contribution in [0.4, 0.5) is 5.82 Å². The van der Waals surface area contributed by atoms with E-state index >= 15 is 0 Å². The Kier molecular flexibility index (Phi) is 7.66. The lowest BCUT2D eigenvalue weighted by Gasteiger charge is -2.12. The van der Waals surface area contributed by atoms with Crippen molar-refractivity contribution in [2.75, 3.05) is 24.8 Å². The molecule has 0 atom stereocenters. The van der Waals surface area contributed by atoms with E-state index in [0.717, 1.165) is 22.7 Å². The second-order valence-electron chi connectivity index (χ2n) is 7.00. The second kappa shape index (κ2) is 11.0. The predicted molar refractivity (Wildman–Crippen MR) is 133 cm³/mol. The first-order chi connectivity index (χ1) is 16.6. The number of rotatable bonds is 9. The van der Waals surface area contributed by atoms with Crippen molar-refractivity contribution in [1.29, 1.82) is 0 Å². The molecular weight excluding hydrogens is 474 g/mol. The first-order valence-electron chi connectivity index (χ1n) is 10.4. The van der Waals surface area contributed by atoms with Crippen LogP contribution in [0.25, 0.3) is 17.1 Å². The number of halogens is 1. The molecular formula is C24H22ClN5O3S. The summed E-state index contributed by atoms with van der Waals surface area (Å²) in [6, 6.07) is 18.5. The third-order valence-corrected chi connectivity index (χ3v) is 5.87. The lowest BCUT2D eigenvalue weighted by atomic mass is 10.2. The van der Waals surface area contributed by atoms with E-state index in [4.69, 9.17) is 21.1 Å². The molecule has 4 aromatic rings. The molecule has 2 aromatic heterocycles. The molecule has 0 aliphatic heterocycles. The molecule has 1 N–H and O–H groups in total. The van der Waals surface area contributed by atoms with Gasteiger partial charge in [0.1, 0.15) is 17.3 Å². The number of ether oxygens (including phenoxy) is 2. The molecule has 0 saturated carbocycles. The number of nitrogens with zero attached hydrogens (tertiary/aromatic N) is 4. The molecule has 0 radical (unpaired) electrons. The van der Waals surface area contributed by atoms with Gasteiger partial charge >= 0.3 is 0 Å². The van der Waals surface area contributed by atoms with Gasteiger partial charge in [0.05, 0.1) is 24.5 Å². The van der Waals surface area contributed by atoms with Crippen LogP contribution in [0.5, 0.6) is 11.5 Å². The zero-order chi connectivity index (χ0) is 23.9. The summed E-state index contributed by atoms with van der Waals surface area (Å²) in [5.41, 5.74) is 1.71. The van der Waals surface area contributed by atoms with E-state index in [-0.39, 0.29) is 11.7 Å². The molecule has 8 nitrogen and oxygen atoms in total. The fraction of sp³-hybridized carbons (Fsp3) is 0.167. The third-order valence-electron chi connectivity index (χ3n) is 4.71. The van der Waals surface area contributed by atoms with Gasteiger partial charge in [-0.05, 0) is 67.6 Å². The maximum Gasteiger partial charge on any atom is 0.236 e. The fourth-order valence-electron chi connectivity index (χ4n) is 3.14. The number of amides is 1. The van der Waals surface area contributed by atoms with Crippen molar-refractivity contribution < 1.29 is 14.3 Å². The van der Waals surface area contributed by atoms with Crippen molar-refractivity contribution in [2.45, 2.75) is 12.1 Å². The van der Waals surface area contributed by atoms with Gasteiger partial charge < -0.3 is 14.8 Å². The average molecular weight is 496 g/mol. The summed E-state index contributed by atoms with van der Waals surface area (Å²) in [5.74, 6) is 2.51. The molecule has 10 heteroatoms. The maximum atomic E-state index is 12.5. The van der Waals surface area contributed by atoms with E-state index in [2.05, 4.69) is 20.5 Å². The third kappa shape index (κ3) is 5.67. The molecule has 0 fully saturated rings. The minimum Gasteiger partial charge on any atom is -0.497 e. The van der Waals surface area contributed by atoms with Crippen LogP contribution in [0, 0.1) is 0 Å². The molecule has 34 heavy (non-hydrogen) atoms. The normalized spacial score (nSPS) is 10.7. The average Bonchev–Trinajstić information content (AvgIpc) is 3.29. The summed E-state index contributed by atoms with van der Waals surface area (Å²) in [7, 11) is 1.62. The molecule has 1 amide bonds. The van der Waals surface area contributed by atoms with Gasteiger partial charge in [0, 0.05) is 17.4 Å². The first kappa shape index (κ1) is 23.6. The molecule has 4 rings (SSSR count). The number of methoxy groups -OCH3 is 1. The highest BCUT2D eigenvalue weighted by atomic mass is 35.5. The summed E-state index contributed by atoms with van der Waals surface area (Å²) >= 11 is 7.13. The van der Waals surface area contributed by atoms with E-state index in [1.54, 1.807) is 19.2 Å². The Labute approximate surface area is 206 Å². The van der Waals surface area contributed by atoms with Gasteiger partial charge in [0.15, 0.2) is 11.0 Å². The van der Waals surface area contributed by atoms with E-state index in [1.165, 1.54) is 18.0 Å². The molecule has 2 aromatic carbocycles. The number of anilines is 1. The Morgan fingerprint density at radius 2 is 1.76 bits per heavy atom. The highest BCUT2D eigenvalue weighted by Gasteiger charge is 2.18. The summed E-state index contributed by atoms with van der Waals surface area (Å²) < 4.78 is 12.7. The number of carbonyl (C=O) groups excluding carboxylic acids is 1. The Bertz CT molecular complexity index is 1250. The van der Waals surface area contributed by atoms with E-state index in [1.807, 2.05) is 60.0 Å². The smallest absolute Gasteiger partial charge is 0.236 e. The summed E-state index contributed by atoms with van der Waals surface area (Å²) in [6.07, 6.45) is 1.48. The van der Waals surface area contributed by atoms with Crippen molar-refractivity contribution in [3.63, 3.8) is 0 Å². The van der Waals surface area contributed by atoms with Crippen molar-refractivity contribution in [1.82, 2.24) is 19.7 Å². The number of thioether (sulfide) groups is 1. The van der Waals surface area contributed by atoms with Gasteiger partial charge in [-0.15, -0.1) is 10.2 Å². The van der Waals surface area contributed by atoms with Crippen molar-refractivity contribution in [2.24, 2.45) is 0 Å². The lowest BCUT2D eigenvalue weighted by molar-refractivity contribution is -0.113. The van der Waals surface area contributed by atoms with Gasteiger partial charge in [0.25, 0.3) is 0 Å². The molecule has 0 unspecified atom stereocenters. The molecule has 0 spiro atoms. The van der Waals surface area contributed by atoms with E-state index < -0.39 is 0 Å². The van der Waals surface area contributed by atoms with Gasteiger partial charge in [-0.2, -0.15) is 0 Å². The number of hydrogen-bond donors (Lipinski definition) is 1. The highest BCUT2D eigenvalue weighted by molar-refractivity contribution is 7.99.